The quantitative estimate of drug-likeness (QED) is 0.178. The third-order valence-electron chi connectivity index (χ3n) is 12.5. The molecule has 0 saturated carbocycles. The van der Waals surface area contributed by atoms with Gasteiger partial charge in [0.05, 0.1) is 32.5 Å². The summed E-state index contributed by atoms with van der Waals surface area (Å²) in [5.41, 5.74) is 8.92. The first-order chi connectivity index (χ1) is 30.7. The lowest BCUT2D eigenvalue weighted by Gasteiger charge is -2.14. The molecule has 7 heteroatoms. The molecule has 5 aromatic heterocycles. The number of hydrogen-bond acceptors (Lipinski definition) is 5. The van der Waals surface area contributed by atoms with E-state index in [0.29, 0.717) is 17.6 Å². The first-order valence-electron chi connectivity index (χ1n) is 20.8. The van der Waals surface area contributed by atoms with Crippen LogP contribution in [-0.4, -0.2) is 24.1 Å². The molecule has 0 radical (unpaired) electrons. The van der Waals surface area contributed by atoms with E-state index in [-0.39, 0.29) is 0 Å². The predicted octanol–water partition coefficient (Wildman–Crippen LogP) is 14.8. The highest BCUT2D eigenvalue weighted by molar-refractivity contribution is 7.26. The van der Waals surface area contributed by atoms with Crippen molar-refractivity contribution in [2.75, 3.05) is 0 Å². The van der Waals surface area contributed by atoms with E-state index in [0.717, 1.165) is 77.0 Å². The maximum atomic E-state index is 6.26. The summed E-state index contributed by atoms with van der Waals surface area (Å²) in [4.78, 5) is 16.2. The Hall–Kier alpha value is -8.13. The van der Waals surface area contributed by atoms with E-state index >= 15 is 0 Å². The number of aromatic nitrogens is 5. The number of nitrogens with zero attached hydrogens (tertiary/aromatic N) is 5. The van der Waals surface area contributed by atoms with Crippen molar-refractivity contribution in [3.63, 3.8) is 0 Å². The third-order valence-corrected chi connectivity index (χ3v) is 13.7. The van der Waals surface area contributed by atoms with Crippen LogP contribution in [0.25, 0.3) is 131 Å². The summed E-state index contributed by atoms with van der Waals surface area (Å²) in [6.45, 7) is 0. The van der Waals surface area contributed by atoms with Crippen LogP contribution in [0.1, 0.15) is 0 Å². The van der Waals surface area contributed by atoms with Gasteiger partial charge in [-0.15, -0.1) is 11.3 Å². The normalized spacial score (nSPS) is 12.2. The number of furan rings is 1. The van der Waals surface area contributed by atoms with Crippen LogP contribution >= 0.6 is 11.3 Å². The number of hydrogen-bond donors (Lipinski definition) is 0. The summed E-state index contributed by atoms with van der Waals surface area (Å²) < 4.78 is 13.3. The molecule has 14 rings (SSSR count). The Morgan fingerprint density at radius 2 is 0.935 bits per heavy atom. The standard InChI is InChI=1S/C55H31N5OS/c1-2-14-33-30-47-41(27-32(33)13-1)38-17-5-8-20-44(38)59(47)48-31-35(29-43-40-19-7-12-24-51(40)62-52(43)48)54-56-53(34-25-26-50-42(28-34)39-18-6-11-23-49(39)61-50)57-55(58-54)60-45-21-9-3-15-36(45)37-16-4-10-22-46(37)60/h1-31H. The lowest BCUT2D eigenvalue weighted by molar-refractivity contribution is 0.669. The molecule has 0 unspecified atom stereocenters. The Balaban J connectivity index is 1.10. The van der Waals surface area contributed by atoms with Crippen LogP contribution in [0, 0.1) is 0 Å². The molecule has 0 aliphatic heterocycles. The van der Waals surface area contributed by atoms with Gasteiger partial charge in [0.15, 0.2) is 11.6 Å². The van der Waals surface area contributed by atoms with Gasteiger partial charge >= 0.3 is 0 Å². The summed E-state index contributed by atoms with van der Waals surface area (Å²) >= 11 is 1.83. The van der Waals surface area contributed by atoms with Gasteiger partial charge in [-0.25, -0.2) is 4.98 Å². The van der Waals surface area contributed by atoms with Gasteiger partial charge in [0.2, 0.25) is 5.95 Å². The van der Waals surface area contributed by atoms with E-state index in [1.54, 1.807) is 0 Å². The Kier molecular flexibility index (Phi) is 6.89. The molecule has 6 nitrogen and oxygen atoms in total. The summed E-state index contributed by atoms with van der Waals surface area (Å²) in [6.07, 6.45) is 0. The predicted molar refractivity (Wildman–Crippen MR) is 257 cm³/mol. The number of thiophene rings is 1. The fraction of sp³-hybridized carbons (Fsp3) is 0. The molecule has 0 fully saturated rings. The largest absolute Gasteiger partial charge is 0.456 e. The van der Waals surface area contributed by atoms with Crippen molar-refractivity contribution in [1.82, 2.24) is 24.1 Å². The van der Waals surface area contributed by atoms with Crippen LogP contribution in [0.5, 0.6) is 0 Å². The molecular weight excluding hydrogens is 779 g/mol. The lowest BCUT2D eigenvalue weighted by Crippen LogP contribution is -2.06. The van der Waals surface area contributed by atoms with Gasteiger partial charge < -0.3 is 8.98 Å². The Morgan fingerprint density at radius 1 is 0.371 bits per heavy atom. The average Bonchev–Trinajstić information content (AvgIpc) is 4.08. The topological polar surface area (TPSA) is 61.7 Å². The summed E-state index contributed by atoms with van der Waals surface area (Å²) in [7, 11) is 0. The summed E-state index contributed by atoms with van der Waals surface area (Å²) in [5.74, 6) is 1.73. The van der Waals surface area contributed by atoms with Crippen molar-refractivity contribution in [1.29, 1.82) is 0 Å². The molecule has 0 atom stereocenters. The second-order valence-electron chi connectivity index (χ2n) is 16.0. The maximum absolute atomic E-state index is 6.26. The number of rotatable bonds is 4. The highest BCUT2D eigenvalue weighted by Crippen LogP contribution is 2.44. The van der Waals surface area contributed by atoms with Gasteiger partial charge in [-0.2, -0.15) is 9.97 Å². The Morgan fingerprint density at radius 3 is 1.69 bits per heavy atom. The highest BCUT2D eigenvalue weighted by Gasteiger charge is 2.23. The van der Waals surface area contributed by atoms with E-state index in [1.807, 2.05) is 35.6 Å². The molecule has 62 heavy (non-hydrogen) atoms. The van der Waals surface area contributed by atoms with Crippen molar-refractivity contribution < 1.29 is 4.42 Å². The fourth-order valence-corrected chi connectivity index (χ4v) is 10.9. The molecule has 0 N–H and O–H groups in total. The van der Waals surface area contributed by atoms with Crippen molar-refractivity contribution in [2.45, 2.75) is 0 Å². The van der Waals surface area contributed by atoms with Crippen molar-refractivity contribution >= 4 is 108 Å². The SMILES string of the molecule is c1ccc2cc3c(cc2c1)c1ccccc1n3-c1cc(-c2nc(-c3ccc4oc5ccccc5c4c3)nc(-n3c4ccccc4c4ccccc43)n2)cc2c1sc1ccccc12. The first-order valence-corrected chi connectivity index (χ1v) is 21.6. The van der Waals surface area contributed by atoms with Gasteiger partial charge in [0.1, 0.15) is 11.2 Å². The van der Waals surface area contributed by atoms with Crippen LogP contribution < -0.4 is 0 Å². The van der Waals surface area contributed by atoms with E-state index in [9.17, 15) is 0 Å². The van der Waals surface area contributed by atoms with Crippen molar-refractivity contribution in [3.05, 3.63) is 188 Å². The molecule has 0 saturated heterocycles. The zero-order valence-corrected chi connectivity index (χ0v) is 33.8. The van der Waals surface area contributed by atoms with Crippen LogP contribution in [0.4, 0.5) is 0 Å². The number of fused-ring (bicyclic) bond motifs is 13. The van der Waals surface area contributed by atoms with E-state index < -0.39 is 0 Å². The van der Waals surface area contributed by atoms with E-state index in [4.69, 9.17) is 19.4 Å². The second-order valence-corrected chi connectivity index (χ2v) is 17.1. The highest BCUT2D eigenvalue weighted by atomic mass is 32.1. The molecule has 0 aliphatic carbocycles. The maximum Gasteiger partial charge on any atom is 0.238 e. The molecule has 0 amide bonds. The molecular formula is C55H31N5OS. The Bertz CT molecular complexity index is 4130. The third kappa shape index (κ3) is 4.82. The minimum atomic E-state index is 0.555. The first kappa shape index (κ1) is 33.7. The van der Waals surface area contributed by atoms with Crippen LogP contribution in [0.2, 0.25) is 0 Å². The van der Waals surface area contributed by atoms with Gasteiger partial charge in [0, 0.05) is 58.9 Å². The van der Waals surface area contributed by atoms with Crippen LogP contribution in [-0.2, 0) is 0 Å². The lowest BCUT2D eigenvalue weighted by atomic mass is 10.1. The molecule has 9 aromatic carbocycles. The van der Waals surface area contributed by atoms with Crippen LogP contribution in [0.15, 0.2) is 192 Å². The van der Waals surface area contributed by atoms with Crippen LogP contribution in [0.3, 0.4) is 0 Å². The van der Waals surface area contributed by atoms with E-state index in [2.05, 4.69) is 173 Å². The molecule has 288 valence electrons. The second kappa shape index (κ2) is 12.7. The van der Waals surface area contributed by atoms with Gasteiger partial charge in [-0.05, 0) is 83.6 Å². The zero-order chi connectivity index (χ0) is 40.5. The molecule has 0 bridgehead atoms. The minimum Gasteiger partial charge on any atom is -0.456 e. The minimum absolute atomic E-state index is 0.555. The van der Waals surface area contributed by atoms with E-state index in [1.165, 1.54) is 36.3 Å². The van der Waals surface area contributed by atoms with Crippen molar-refractivity contribution in [2.24, 2.45) is 0 Å². The molecule has 0 aliphatic rings. The number of benzene rings is 9. The zero-order valence-electron chi connectivity index (χ0n) is 33.0. The smallest absolute Gasteiger partial charge is 0.238 e. The summed E-state index contributed by atoms with van der Waals surface area (Å²) in [5, 5.41) is 11.6. The molecule has 5 heterocycles. The molecule has 0 spiro atoms. The number of para-hydroxylation sites is 4. The molecule has 14 aromatic rings. The average molecular weight is 810 g/mol. The van der Waals surface area contributed by atoms with Gasteiger partial charge in [-0.3, -0.25) is 4.57 Å². The van der Waals surface area contributed by atoms with Crippen molar-refractivity contribution in [3.8, 4) is 34.4 Å². The van der Waals surface area contributed by atoms with Gasteiger partial charge in [-0.1, -0.05) is 115 Å². The monoisotopic (exact) mass is 809 g/mol. The summed E-state index contributed by atoms with van der Waals surface area (Å²) in [6, 6.07) is 66.7. The fourth-order valence-electron chi connectivity index (χ4n) is 9.74. The Labute approximate surface area is 357 Å². The van der Waals surface area contributed by atoms with Gasteiger partial charge in [0.25, 0.3) is 0 Å².